The summed E-state index contributed by atoms with van der Waals surface area (Å²) >= 11 is 0. The SMILES string of the molecule is COc1cccc([C@H](C)NC[C@H](O)CO)c1. The maximum Gasteiger partial charge on any atom is 0.119 e. The van der Waals surface area contributed by atoms with E-state index in [2.05, 4.69) is 5.32 Å². The van der Waals surface area contributed by atoms with Crippen LogP contribution in [0.2, 0.25) is 0 Å². The zero-order valence-corrected chi connectivity index (χ0v) is 9.68. The number of ether oxygens (including phenoxy) is 1. The second-order valence-corrected chi connectivity index (χ2v) is 3.74. The van der Waals surface area contributed by atoms with Gasteiger partial charge in [-0.3, -0.25) is 0 Å². The molecule has 0 aliphatic carbocycles. The number of hydrogen-bond acceptors (Lipinski definition) is 4. The third-order valence-electron chi connectivity index (χ3n) is 2.46. The summed E-state index contributed by atoms with van der Waals surface area (Å²) in [5.41, 5.74) is 1.09. The van der Waals surface area contributed by atoms with Crippen molar-refractivity contribution in [1.29, 1.82) is 0 Å². The minimum absolute atomic E-state index is 0.108. The summed E-state index contributed by atoms with van der Waals surface area (Å²) < 4.78 is 5.13. The average molecular weight is 225 g/mol. The van der Waals surface area contributed by atoms with Crippen molar-refractivity contribution in [2.75, 3.05) is 20.3 Å². The summed E-state index contributed by atoms with van der Waals surface area (Å²) in [5.74, 6) is 0.814. The van der Waals surface area contributed by atoms with Crippen LogP contribution in [0, 0.1) is 0 Å². The van der Waals surface area contributed by atoms with Gasteiger partial charge < -0.3 is 20.3 Å². The van der Waals surface area contributed by atoms with E-state index in [-0.39, 0.29) is 12.6 Å². The zero-order chi connectivity index (χ0) is 12.0. The Balaban J connectivity index is 2.54. The molecule has 1 rings (SSSR count). The predicted octanol–water partition coefficient (Wildman–Crippen LogP) is 0.699. The summed E-state index contributed by atoms with van der Waals surface area (Å²) in [4.78, 5) is 0. The van der Waals surface area contributed by atoms with Crippen LogP contribution in [0.3, 0.4) is 0 Å². The lowest BCUT2D eigenvalue weighted by Gasteiger charge is -2.16. The molecule has 0 fully saturated rings. The quantitative estimate of drug-likeness (QED) is 0.667. The predicted molar refractivity (Wildman–Crippen MR) is 62.5 cm³/mol. The standard InChI is InChI=1S/C12H19NO3/c1-9(13-7-11(15)8-14)10-4-3-5-12(6-10)16-2/h3-6,9,11,13-15H,7-8H2,1-2H3/t9-,11-/m0/s1. The van der Waals surface area contributed by atoms with Gasteiger partial charge in [0.05, 0.1) is 19.8 Å². The van der Waals surface area contributed by atoms with Gasteiger partial charge in [0.1, 0.15) is 5.75 Å². The summed E-state index contributed by atoms with van der Waals surface area (Å²) in [7, 11) is 1.63. The Morgan fingerprint density at radius 3 is 2.81 bits per heavy atom. The molecule has 4 nitrogen and oxygen atoms in total. The molecular weight excluding hydrogens is 206 g/mol. The maximum absolute atomic E-state index is 9.22. The Labute approximate surface area is 95.9 Å². The van der Waals surface area contributed by atoms with E-state index in [4.69, 9.17) is 9.84 Å². The molecule has 1 aromatic rings. The van der Waals surface area contributed by atoms with Crippen molar-refractivity contribution in [3.63, 3.8) is 0 Å². The summed E-state index contributed by atoms with van der Waals surface area (Å²) in [5, 5.41) is 21.0. The Hall–Kier alpha value is -1.10. The molecule has 90 valence electrons. The van der Waals surface area contributed by atoms with Crippen molar-refractivity contribution >= 4 is 0 Å². The van der Waals surface area contributed by atoms with E-state index in [1.165, 1.54) is 0 Å². The fourth-order valence-electron chi connectivity index (χ4n) is 1.41. The number of benzene rings is 1. The van der Waals surface area contributed by atoms with E-state index in [1.807, 2.05) is 31.2 Å². The molecule has 0 amide bonds. The molecule has 0 bridgehead atoms. The van der Waals surface area contributed by atoms with Gasteiger partial charge >= 0.3 is 0 Å². The van der Waals surface area contributed by atoms with Gasteiger partial charge in [-0.15, -0.1) is 0 Å². The van der Waals surface area contributed by atoms with Gasteiger partial charge in [-0.25, -0.2) is 0 Å². The Morgan fingerprint density at radius 1 is 1.44 bits per heavy atom. The summed E-state index contributed by atoms with van der Waals surface area (Å²) in [6, 6.07) is 7.86. The van der Waals surface area contributed by atoms with Crippen LogP contribution >= 0.6 is 0 Å². The normalized spacial score (nSPS) is 14.5. The number of aliphatic hydroxyl groups excluding tert-OH is 2. The molecule has 0 unspecified atom stereocenters. The molecule has 16 heavy (non-hydrogen) atoms. The van der Waals surface area contributed by atoms with E-state index in [0.29, 0.717) is 6.54 Å². The molecule has 2 atom stereocenters. The number of aliphatic hydroxyl groups is 2. The van der Waals surface area contributed by atoms with Crippen molar-refractivity contribution in [3.8, 4) is 5.75 Å². The van der Waals surface area contributed by atoms with Crippen molar-refractivity contribution in [2.24, 2.45) is 0 Å². The molecular formula is C12H19NO3. The molecule has 4 heteroatoms. The fraction of sp³-hybridized carbons (Fsp3) is 0.500. The van der Waals surface area contributed by atoms with Gasteiger partial charge in [0, 0.05) is 12.6 Å². The van der Waals surface area contributed by atoms with E-state index < -0.39 is 6.10 Å². The van der Waals surface area contributed by atoms with Gasteiger partial charge in [-0.2, -0.15) is 0 Å². The first-order valence-electron chi connectivity index (χ1n) is 5.33. The molecule has 0 saturated carbocycles. The fourth-order valence-corrected chi connectivity index (χ4v) is 1.41. The number of nitrogens with one attached hydrogen (secondary N) is 1. The zero-order valence-electron chi connectivity index (χ0n) is 9.68. The van der Waals surface area contributed by atoms with Crippen LogP contribution in [0.5, 0.6) is 5.75 Å². The van der Waals surface area contributed by atoms with Crippen LogP contribution in [-0.2, 0) is 0 Å². The van der Waals surface area contributed by atoms with E-state index in [9.17, 15) is 5.11 Å². The highest BCUT2D eigenvalue weighted by Crippen LogP contribution is 2.18. The molecule has 0 aliphatic rings. The van der Waals surface area contributed by atoms with E-state index in [0.717, 1.165) is 11.3 Å². The average Bonchev–Trinajstić information content (AvgIpc) is 2.35. The summed E-state index contributed by atoms with van der Waals surface area (Å²) in [6.45, 7) is 2.14. The van der Waals surface area contributed by atoms with Gasteiger partial charge in [-0.1, -0.05) is 12.1 Å². The highest BCUT2D eigenvalue weighted by molar-refractivity contribution is 5.30. The van der Waals surface area contributed by atoms with Crippen LogP contribution in [0.4, 0.5) is 0 Å². The Bertz CT molecular complexity index is 317. The highest BCUT2D eigenvalue weighted by Gasteiger charge is 2.08. The topological polar surface area (TPSA) is 61.7 Å². The first-order chi connectivity index (χ1) is 7.67. The van der Waals surface area contributed by atoms with Gasteiger partial charge in [-0.05, 0) is 24.6 Å². The molecule has 0 aliphatic heterocycles. The molecule has 0 aromatic heterocycles. The number of hydrogen-bond donors (Lipinski definition) is 3. The lowest BCUT2D eigenvalue weighted by molar-refractivity contribution is 0.0924. The van der Waals surface area contributed by atoms with Gasteiger partial charge in [0.15, 0.2) is 0 Å². The number of rotatable bonds is 6. The molecule has 0 radical (unpaired) electrons. The minimum Gasteiger partial charge on any atom is -0.497 e. The molecule has 0 saturated heterocycles. The third-order valence-corrected chi connectivity index (χ3v) is 2.46. The molecule has 1 aromatic carbocycles. The monoisotopic (exact) mass is 225 g/mol. The lowest BCUT2D eigenvalue weighted by Crippen LogP contribution is -2.31. The van der Waals surface area contributed by atoms with Crippen LogP contribution in [0.1, 0.15) is 18.5 Å². The van der Waals surface area contributed by atoms with Crippen molar-refractivity contribution < 1.29 is 14.9 Å². The van der Waals surface area contributed by atoms with Crippen molar-refractivity contribution in [1.82, 2.24) is 5.32 Å². The molecule has 0 heterocycles. The maximum atomic E-state index is 9.22. The molecule has 0 spiro atoms. The highest BCUT2D eigenvalue weighted by atomic mass is 16.5. The first-order valence-corrected chi connectivity index (χ1v) is 5.33. The van der Waals surface area contributed by atoms with E-state index in [1.54, 1.807) is 7.11 Å². The Kier molecular flexibility index (Phi) is 5.25. The van der Waals surface area contributed by atoms with E-state index >= 15 is 0 Å². The van der Waals surface area contributed by atoms with Gasteiger partial charge in [0.2, 0.25) is 0 Å². The van der Waals surface area contributed by atoms with Crippen LogP contribution in [-0.4, -0.2) is 36.6 Å². The first kappa shape index (κ1) is 13.0. The minimum atomic E-state index is -0.715. The van der Waals surface area contributed by atoms with Gasteiger partial charge in [0.25, 0.3) is 0 Å². The smallest absolute Gasteiger partial charge is 0.119 e. The van der Waals surface area contributed by atoms with Crippen molar-refractivity contribution in [3.05, 3.63) is 29.8 Å². The van der Waals surface area contributed by atoms with Crippen LogP contribution in [0.15, 0.2) is 24.3 Å². The van der Waals surface area contributed by atoms with Crippen molar-refractivity contribution in [2.45, 2.75) is 19.1 Å². The lowest BCUT2D eigenvalue weighted by atomic mass is 10.1. The third kappa shape index (κ3) is 3.81. The second-order valence-electron chi connectivity index (χ2n) is 3.74. The Morgan fingerprint density at radius 2 is 2.19 bits per heavy atom. The second kappa shape index (κ2) is 6.48. The largest absolute Gasteiger partial charge is 0.497 e. The number of methoxy groups -OCH3 is 1. The molecule has 3 N–H and O–H groups in total. The summed E-state index contributed by atoms with van der Waals surface area (Å²) in [6.07, 6.45) is -0.715. The van der Waals surface area contributed by atoms with Crippen LogP contribution in [0.25, 0.3) is 0 Å². The van der Waals surface area contributed by atoms with Crippen LogP contribution < -0.4 is 10.1 Å².